The highest BCUT2D eigenvalue weighted by Crippen LogP contribution is 2.10. The first-order valence-corrected chi connectivity index (χ1v) is 6.25. The standard InChI is InChI=1S/C13H21FO4/c1-4-6-8-17-12(15)10(3)11(14)13(16)18-9-7-5-2/h4-9H2,1-3H3/b11-10+. The molecule has 0 unspecified atom stereocenters. The highest BCUT2D eigenvalue weighted by molar-refractivity contribution is 5.98. The van der Waals surface area contributed by atoms with E-state index in [0.29, 0.717) is 12.8 Å². The third-order valence-electron chi connectivity index (χ3n) is 2.28. The summed E-state index contributed by atoms with van der Waals surface area (Å²) in [6.07, 6.45) is 3.09. The Kier molecular flexibility index (Phi) is 8.88. The number of hydrogen-bond donors (Lipinski definition) is 0. The summed E-state index contributed by atoms with van der Waals surface area (Å²) >= 11 is 0. The molecule has 5 heteroatoms. The molecular weight excluding hydrogens is 239 g/mol. The second-order valence-electron chi connectivity index (χ2n) is 3.92. The molecule has 0 heterocycles. The van der Waals surface area contributed by atoms with Crippen LogP contribution in [-0.2, 0) is 19.1 Å². The predicted molar refractivity (Wildman–Crippen MR) is 65.5 cm³/mol. The molecule has 0 aromatic heterocycles. The van der Waals surface area contributed by atoms with Crippen LogP contribution in [0.4, 0.5) is 4.39 Å². The maximum absolute atomic E-state index is 13.5. The lowest BCUT2D eigenvalue weighted by atomic mass is 10.2. The van der Waals surface area contributed by atoms with Crippen LogP contribution < -0.4 is 0 Å². The van der Waals surface area contributed by atoms with Gasteiger partial charge >= 0.3 is 11.9 Å². The summed E-state index contributed by atoms with van der Waals surface area (Å²) in [6.45, 7) is 5.47. The van der Waals surface area contributed by atoms with E-state index in [1.807, 2.05) is 13.8 Å². The Morgan fingerprint density at radius 2 is 1.39 bits per heavy atom. The van der Waals surface area contributed by atoms with Crippen molar-refractivity contribution in [2.45, 2.75) is 46.5 Å². The molecule has 104 valence electrons. The van der Waals surface area contributed by atoms with Gasteiger partial charge in [-0.15, -0.1) is 0 Å². The van der Waals surface area contributed by atoms with Crippen LogP contribution in [0.15, 0.2) is 11.4 Å². The number of hydrogen-bond acceptors (Lipinski definition) is 4. The zero-order valence-corrected chi connectivity index (χ0v) is 11.3. The topological polar surface area (TPSA) is 52.6 Å². The summed E-state index contributed by atoms with van der Waals surface area (Å²) in [5, 5.41) is 0. The van der Waals surface area contributed by atoms with Gasteiger partial charge in [-0.1, -0.05) is 26.7 Å². The Bertz CT molecular complexity index is 280. The van der Waals surface area contributed by atoms with E-state index in [9.17, 15) is 14.0 Å². The fourth-order valence-electron chi connectivity index (χ4n) is 1.03. The lowest BCUT2D eigenvalue weighted by Gasteiger charge is -2.06. The number of carbonyl (C=O) groups is 2. The van der Waals surface area contributed by atoms with Crippen molar-refractivity contribution in [1.29, 1.82) is 0 Å². The monoisotopic (exact) mass is 260 g/mol. The highest BCUT2D eigenvalue weighted by Gasteiger charge is 2.19. The summed E-state index contributed by atoms with van der Waals surface area (Å²) < 4.78 is 22.9. The third-order valence-corrected chi connectivity index (χ3v) is 2.28. The van der Waals surface area contributed by atoms with Gasteiger partial charge in [0.1, 0.15) is 0 Å². The van der Waals surface area contributed by atoms with Crippen LogP contribution in [0.2, 0.25) is 0 Å². The number of halogens is 1. The molecule has 0 spiro atoms. The van der Waals surface area contributed by atoms with Gasteiger partial charge in [-0.05, 0) is 19.8 Å². The van der Waals surface area contributed by atoms with Crippen LogP contribution >= 0.6 is 0 Å². The van der Waals surface area contributed by atoms with Gasteiger partial charge in [0, 0.05) is 0 Å². The van der Waals surface area contributed by atoms with Gasteiger partial charge in [-0.25, -0.2) is 9.59 Å². The fraction of sp³-hybridized carbons (Fsp3) is 0.692. The summed E-state index contributed by atoms with van der Waals surface area (Å²) in [5.41, 5.74) is -0.340. The first kappa shape index (κ1) is 16.6. The minimum atomic E-state index is -1.17. The van der Waals surface area contributed by atoms with Gasteiger partial charge in [0.25, 0.3) is 0 Å². The summed E-state index contributed by atoms with van der Waals surface area (Å²) in [5.74, 6) is -3.09. The second-order valence-corrected chi connectivity index (χ2v) is 3.92. The lowest BCUT2D eigenvalue weighted by Crippen LogP contribution is -2.14. The number of ether oxygens (including phenoxy) is 2. The fourth-order valence-corrected chi connectivity index (χ4v) is 1.03. The van der Waals surface area contributed by atoms with Crippen molar-refractivity contribution in [1.82, 2.24) is 0 Å². The summed E-state index contributed by atoms with van der Waals surface area (Å²) in [7, 11) is 0. The van der Waals surface area contributed by atoms with E-state index < -0.39 is 17.8 Å². The van der Waals surface area contributed by atoms with Crippen molar-refractivity contribution in [3.8, 4) is 0 Å². The summed E-state index contributed by atoms with van der Waals surface area (Å²) in [6, 6.07) is 0. The van der Waals surface area contributed by atoms with Gasteiger partial charge in [0.15, 0.2) is 0 Å². The average molecular weight is 260 g/mol. The molecule has 0 fully saturated rings. The van der Waals surface area contributed by atoms with Crippen LogP contribution in [0, 0.1) is 0 Å². The molecule has 0 radical (unpaired) electrons. The Hall–Kier alpha value is -1.39. The smallest absolute Gasteiger partial charge is 0.367 e. The van der Waals surface area contributed by atoms with Gasteiger partial charge in [0.2, 0.25) is 5.83 Å². The van der Waals surface area contributed by atoms with Crippen LogP contribution in [0.1, 0.15) is 46.5 Å². The summed E-state index contributed by atoms with van der Waals surface area (Å²) in [4.78, 5) is 22.6. The third kappa shape index (κ3) is 6.37. The normalized spacial score (nSPS) is 11.8. The molecule has 0 saturated heterocycles. The number of carbonyl (C=O) groups excluding carboxylic acids is 2. The lowest BCUT2D eigenvalue weighted by molar-refractivity contribution is -0.143. The molecule has 0 N–H and O–H groups in total. The van der Waals surface area contributed by atoms with Crippen molar-refractivity contribution in [2.24, 2.45) is 0 Å². The highest BCUT2D eigenvalue weighted by atomic mass is 19.1. The molecule has 0 atom stereocenters. The van der Waals surface area contributed by atoms with Crippen LogP contribution in [0.5, 0.6) is 0 Å². The van der Waals surface area contributed by atoms with Crippen molar-refractivity contribution in [3.05, 3.63) is 11.4 Å². The van der Waals surface area contributed by atoms with E-state index in [2.05, 4.69) is 4.74 Å². The number of esters is 2. The van der Waals surface area contributed by atoms with Gasteiger partial charge in [-0.3, -0.25) is 0 Å². The number of unbranched alkanes of at least 4 members (excludes halogenated alkanes) is 2. The Labute approximate surface area is 107 Å². The Morgan fingerprint density at radius 3 is 1.83 bits per heavy atom. The molecule has 0 amide bonds. The quantitative estimate of drug-likeness (QED) is 0.382. The second kappa shape index (κ2) is 9.62. The molecule has 4 nitrogen and oxygen atoms in total. The molecule has 0 aliphatic carbocycles. The van der Waals surface area contributed by atoms with E-state index in [-0.39, 0.29) is 18.8 Å². The van der Waals surface area contributed by atoms with E-state index in [1.54, 1.807) is 0 Å². The van der Waals surface area contributed by atoms with E-state index in [0.717, 1.165) is 12.8 Å². The molecule has 0 aliphatic heterocycles. The minimum absolute atomic E-state index is 0.154. The largest absolute Gasteiger partial charge is 0.462 e. The molecule has 0 aromatic carbocycles. The average Bonchev–Trinajstić information content (AvgIpc) is 2.37. The predicted octanol–water partition coefficient (Wildman–Crippen LogP) is 2.92. The Balaban J connectivity index is 4.30. The zero-order valence-electron chi connectivity index (χ0n) is 11.3. The molecule has 0 bridgehead atoms. The van der Waals surface area contributed by atoms with Gasteiger partial charge in [0.05, 0.1) is 18.8 Å². The van der Waals surface area contributed by atoms with Crippen molar-refractivity contribution < 1.29 is 23.5 Å². The van der Waals surface area contributed by atoms with Gasteiger partial charge < -0.3 is 9.47 Å². The van der Waals surface area contributed by atoms with Crippen LogP contribution in [-0.4, -0.2) is 25.2 Å². The molecular formula is C13H21FO4. The molecule has 0 aliphatic rings. The molecule has 0 saturated carbocycles. The first-order chi connectivity index (χ1) is 8.54. The van der Waals surface area contributed by atoms with Gasteiger partial charge in [-0.2, -0.15) is 4.39 Å². The maximum atomic E-state index is 13.5. The molecule has 0 rings (SSSR count). The van der Waals surface area contributed by atoms with Crippen molar-refractivity contribution in [3.63, 3.8) is 0 Å². The van der Waals surface area contributed by atoms with Crippen molar-refractivity contribution in [2.75, 3.05) is 13.2 Å². The van der Waals surface area contributed by atoms with Crippen molar-refractivity contribution >= 4 is 11.9 Å². The molecule has 18 heavy (non-hydrogen) atoms. The van der Waals surface area contributed by atoms with Crippen LogP contribution in [0.25, 0.3) is 0 Å². The van der Waals surface area contributed by atoms with Crippen LogP contribution in [0.3, 0.4) is 0 Å². The zero-order chi connectivity index (χ0) is 14.0. The Morgan fingerprint density at radius 1 is 0.944 bits per heavy atom. The van der Waals surface area contributed by atoms with E-state index in [1.165, 1.54) is 6.92 Å². The van der Waals surface area contributed by atoms with E-state index >= 15 is 0 Å². The maximum Gasteiger partial charge on any atom is 0.367 e. The minimum Gasteiger partial charge on any atom is -0.462 e. The number of rotatable bonds is 8. The first-order valence-electron chi connectivity index (χ1n) is 6.25. The van der Waals surface area contributed by atoms with E-state index in [4.69, 9.17) is 4.74 Å². The molecule has 0 aromatic rings. The SMILES string of the molecule is CCCCOC(=O)/C(C)=C(/F)C(=O)OCCCC.